The molecule has 7 heteroatoms. The minimum absolute atomic E-state index is 0.585. The van der Waals surface area contributed by atoms with Crippen LogP contribution < -0.4 is 5.32 Å². The van der Waals surface area contributed by atoms with Crippen molar-refractivity contribution in [1.82, 2.24) is 10.2 Å². The summed E-state index contributed by atoms with van der Waals surface area (Å²) >= 11 is 0. The van der Waals surface area contributed by atoms with E-state index >= 15 is 0 Å². The van der Waals surface area contributed by atoms with Crippen LogP contribution in [-0.4, -0.2) is 36.0 Å². The van der Waals surface area contributed by atoms with Crippen LogP contribution in [0.5, 0.6) is 0 Å². The molecule has 1 saturated heterocycles. The molecule has 0 unspecified atom stereocenters. The predicted molar refractivity (Wildman–Crippen MR) is 78.6 cm³/mol. The molecule has 2 rings (SSSR count). The Morgan fingerprint density at radius 1 is 1.30 bits per heavy atom. The molecular formula is C16H20F4N2O. The second-order valence-corrected chi connectivity index (χ2v) is 6.14. The number of halogens is 4. The summed E-state index contributed by atoms with van der Waals surface area (Å²) in [6.45, 7) is 6.27. The lowest BCUT2D eigenvalue weighted by molar-refractivity contribution is -0.138. The number of carbonyl (C=O) groups excluding carboxylic acids is 1. The van der Waals surface area contributed by atoms with Gasteiger partial charge in [-0.05, 0) is 44.5 Å². The van der Waals surface area contributed by atoms with E-state index in [1.165, 1.54) is 0 Å². The molecule has 1 N–H and O–H groups in total. The first-order valence-electron chi connectivity index (χ1n) is 7.56. The molecule has 3 nitrogen and oxygen atoms in total. The fraction of sp³-hybridized carbons (Fsp3) is 0.562. The lowest BCUT2D eigenvalue weighted by atomic mass is 9.89. The maximum absolute atomic E-state index is 13.3. The van der Waals surface area contributed by atoms with Gasteiger partial charge in [-0.2, -0.15) is 13.2 Å². The molecule has 0 atom stereocenters. The van der Waals surface area contributed by atoms with E-state index in [0.29, 0.717) is 31.0 Å². The van der Waals surface area contributed by atoms with Gasteiger partial charge < -0.3 is 10.2 Å². The Hall–Kier alpha value is -1.63. The van der Waals surface area contributed by atoms with E-state index in [0.717, 1.165) is 19.6 Å². The van der Waals surface area contributed by atoms with E-state index in [9.17, 15) is 22.4 Å². The van der Waals surface area contributed by atoms with Crippen LogP contribution in [0, 0.1) is 5.82 Å². The SMILES string of the molecule is CCN1CCC(C)(NC(=O)c2cc(F)ccc2C(F)(F)F)CC1. The topological polar surface area (TPSA) is 32.3 Å². The average Bonchev–Trinajstić information content (AvgIpc) is 2.46. The Morgan fingerprint density at radius 3 is 2.43 bits per heavy atom. The minimum atomic E-state index is -4.70. The Kier molecular flexibility index (Phi) is 4.98. The molecule has 1 heterocycles. The van der Waals surface area contributed by atoms with Crippen molar-refractivity contribution >= 4 is 5.91 Å². The number of nitrogens with one attached hydrogen (secondary N) is 1. The molecule has 1 fully saturated rings. The van der Waals surface area contributed by atoms with Gasteiger partial charge in [0.15, 0.2) is 0 Å². The third-order valence-corrected chi connectivity index (χ3v) is 4.35. The quantitative estimate of drug-likeness (QED) is 0.860. The molecule has 1 aromatic rings. The van der Waals surface area contributed by atoms with Crippen LogP contribution in [0.2, 0.25) is 0 Å². The monoisotopic (exact) mass is 332 g/mol. The van der Waals surface area contributed by atoms with Gasteiger partial charge in [0.1, 0.15) is 5.82 Å². The van der Waals surface area contributed by atoms with Crippen LogP contribution in [0.1, 0.15) is 42.6 Å². The first-order valence-corrected chi connectivity index (χ1v) is 7.56. The van der Waals surface area contributed by atoms with Gasteiger partial charge in [0, 0.05) is 18.6 Å². The van der Waals surface area contributed by atoms with Crippen LogP contribution in [0.15, 0.2) is 18.2 Å². The molecular weight excluding hydrogens is 312 g/mol. The number of hydrogen-bond donors (Lipinski definition) is 1. The van der Waals surface area contributed by atoms with Gasteiger partial charge >= 0.3 is 6.18 Å². The second-order valence-electron chi connectivity index (χ2n) is 6.14. The number of rotatable bonds is 3. The van der Waals surface area contributed by atoms with E-state index < -0.39 is 34.6 Å². The summed E-state index contributed by atoms with van der Waals surface area (Å²) in [4.78, 5) is 14.5. The summed E-state index contributed by atoms with van der Waals surface area (Å²) in [5, 5.41) is 2.66. The normalized spacial score (nSPS) is 18.7. The van der Waals surface area contributed by atoms with Crippen molar-refractivity contribution in [3.8, 4) is 0 Å². The summed E-state index contributed by atoms with van der Waals surface area (Å²) < 4.78 is 52.3. The number of likely N-dealkylation sites (tertiary alicyclic amines) is 1. The molecule has 128 valence electrons. The highest BCUT2D eigenvalue weighted by Gasteiger charge is 2.37. The smallest absolute Gasteiger partial charge is 0.347 e. The third kappa shape index (κ3) is 4.22. The summed E-state index contributed by atoms with van der Waals surface area (Å²) in [5.74, 6) is -1.75. The Morgan fingerprint density at radius 2 is 1.91 bits per heavy atom. The van der Waals surface area contributed by atoms with Gasteiger partial charge in [0.25, 0.3) is 5.91 Å². The van der Waals surface area contributed by atoms with E-state index in [4.69, 9.17) is 0 Å². The summed E-state index contributed by atoms with van der Waals surface area (Å²) in [6.07, 6.45) is -3.42. The highest BCUT2D eigenvalue weighted by Crippen LogP contribution is 2.33. The summed E-state index contributed by atoms with van der Waals surface area (Å²) in [7, 11) is 0. The molecule has 1 aliphatic heterocycles. The highest BCUT2D eigenvalue weighted by molar-refractivity contribution is 5.96. The average molecular weight is 332 g/mol. The van der Waals surface area contributed by atoms with Crippen LogP contribution in [0.4, 0.5) is 17.6 Å². The molecule has 0 aromatic heterocycles. The number of piperidine rings is 1. The maximum atomic E-state index is 13.3. The van der Waals surface area contributed by atoms with Crippen LogP contribution in [0.25, 0.3) is 0 Å². The first kappa shape index (κ1) is 17.7. The van der Waals surface area contributed by atoms with Gasteiger partial charge in [-0.1, -0.05) is 6.92 Å². The van der Waals surface area contributed by atoms with Crippen LogP contribution in [0.3, 0.4) is 0 Å². The maximum Gasteiger partial charge on any atom is 0.417 e. The van der Waals surface area contributed by atoms with Gasteiger partial charge in [-0.15, -0.1) is 0 Å². The zero-order valence-electron chi connectivity index (χ0n) is 13.1. The molecule has 23 heavy (non-hydrogen) atoms. The Labute approximate surface area is 132 Å². The van der Waals surface area contributed by atoms with Gasteiger partial charge in [-0.3, -0.25) is 4.79 Å². The minimum Gasteiger partial charge on any atom is -0.347 e. The van der Waals surface area contributed by atoms with E-state index in [-0.39, 0.29) is 0 Å². The molecule has 1 amide bonds. The second kappa shape index (κ2) is 6.47. The largest absolute Gasteiger partial charge is 0.417 e. The molecule has 0 radical (unpaired) electrons. The molecule has 0 aliphatic carbocycles. The summed E-state index contributed by atoms with van der Waals surface area (Å²) in [6, 6.07) is 1.95. The van der Waals surface area contributed by atoms with Crippen LogP contribution >= 0.6 is 0 Å². The van der Waals surface area contributed by atoms with Crippen molar-refractivity contribution in [3.05, 3.63) is 35.1 Å². The fourth-order valence-electron chi connectivity index (χ4n) is 2.78. The lowest BCUT2D eigenvalue weighted by Crippen LogP contribution is -2.53. The van der Waals surface area contributed by atoms with Crippen molar-refractivity contribution in [2.45, 2.75) is 38.4 Å². The molecule has 0 bridgehead atoms. The predicted octanol–water partition coefficient (Wildman–Crippen LogP) is 3.45. The number of amides is 1. The highest BCUT2D eigenvalue weighted by atomic mass is 19.4. The van der Waals surface area contributed by atoms with Gasteiger partial charge in [-0.25, -0.2) is 4.39 Å². The molecule has 1 aliphatic rings. The van der Waals surface area contributed by atoms with E-state index in [2.05, 4.69) is 10.2 Å². The first-order chi connectivity index (χ1) is 10.6. The molecule has 0 spiro atoms. The van der Waals surface area contributed by atoms with Gasteiger partial charge in [0.2, 0.25) is 0 Å². The van der Waals surface area contributed by atoms with Gasteiger partial charge in [0.05, 0.1) is 11.1 Å². The van der Waals surface area contributed by atoms with Crippen molar-refractivity contribution in [2.75, 3.05) is 19.6 Å². The molecule has 1 aromatic carbocycles. The number of hydrogen-bond acceptors (Lipinski definition) is 2. The van der Waals surface area contributed by atoms with E-state index in [1.807, 2.05) is 13.8 Å². The van der Waals surface area contributed by atoms with Crippen molar-refractivity contribution in [2.24, 2.45) is 0 Å². The summed E-state index contributed by atoms with van der Waals surface area (Å²) in [5.41, 5.74) is -2.37. The van der Waals surface area contributed by atoms with Crippen LogP contribution in [-0.2, 0) is 6.18 Å². The van der Waals surface area contributed by atoms with Crippen molar-refractivity contribution < 1.29 is 22.4 Å². The lowest BCUT2D eigenvalue weighted by Gasteiger charge is -2.39. The standard InChI is InChI=1S/C16H20F4N2O/c1-3-22-8-6-15(2,7-9-22)21-14(23)12-10-11(17)4-5-13(12)16(18,19)20/h4-5,10H,3,6-9H2,1-2H3,(H,21,23). The third-order valence-electron chi connectivity index (χ3n) is 4.35. The Bertz CT molecular complexity index is 578. The fourth-order valence-corrected chi connectivity index (χ4v) is 2.78. The number of alkyl halides is 3. The number of benzene rings is 1. The molecule has 0 saturated carbocycles. The van der Waals surface area contributed by atoms with Crippen molar-refractivity contribution in [3.63, 3.8) is 0 Å². The zero-order chi connectivity index (χ0) is 17.3. The number of nitrogens with zero attached hydrogens (tertiary/aromatic N) is 1. The number of carbonyl (C=O) groups is 1. The van der Waals surface area contributed by atoms with E-state index in [1.54, 1.807) is 0 Å². The Balaban J connectivity index is 2.20. The zero-order valence-corrected chi connectivity index (χ0v) is 13.1. The van der Waals surface area contributed by atoms with Crippen molar-refractivity contribution in [1.29, 1.82) is 0 Å².